The molecule has 0 rings (SSSR count). The van der Waals surface area contributed by atoms with E-state index >= 15 is 0 Å². The Balaban J connectivity index is 3.15. The van der Waals surface area contributed by atoms with Crippen LogP contribution in [0.3, 0.4) is 0 Å². The van der Waals surface area contributed by atoms with E-state index in [1.807, 2.05) is 0 Å². The second-order valence-corrected chi connectivity index (χ2v) is 4.92. The van der Waals surface area contributed by atoms with E-state index in [1.165, 1.54) is 32.1 Å². The highest BCUT2D eigenvalue weighted by Gasteiger charge is 2.03. The zero-order valence-corrected chi connectivity index (χ0v) is 12.2. The molecular weight excluding hydrogens is 244 g/mol. The third-order valence-electron chi connectivity index (χ3n) is 2.88. The summed E-state index contributed by atoms with van der Waals surface area (Å²) < 4.78 is 5.40. The van der Waals surface area contributed by atoms with Gasteiger partial charge in [-0.15, -0.1) is 0 Å². The highest BCUT2D eigenvalue weighted by molar-refractivity contribution is 5.73. The van der Waals surface area contributed by atoms with Gasteiger partial charge in [0, 0.05) is 26.1 Å². The van der Waals surface area contributed by atoms with Gasteiger partial charge < -0.3 is 20.9 Å². The van der Waals surface area contributed by atoms with Crippen molar-refractivity contribution in [3.8, 4) is 0 Å². The van der Waals surface area contributed by atoms with E-state index in [9.17, 15) is 9.90 Å². The second kappa shape index (κ2) is 13.8. The van der Waals surface area contributed by atoms with E-state index < -0.39 is 6.10 Å². The van der Waals surface area contributed by atoms with Gasteiger partial charge in [0.25, 0.3) is 0 Å². The summed E-state index contributed by atoms with van der Waals surface area (Å²) in [5.41, 5.74) is 5.00. The fourth-order valence-corrected chi connectivity index (χ4v) is 1.74. The first kappa shape index (κ1) is 18.4. The Morgan fingerprint density at radius 3 is 2.63 bits per heavy atom. The minimum absolute atomic E-state index is 0.297. The zero-order valence-electron chi connectivity index (χ0n) is 12.2. The molecule has 5 heteroatoms. The summed E-state index contributed by atoms with van der Waals surface area (Å²) in [7, 11) is 0. The first-order chi connectivity index (χ1) is 9.16. The van der Waals surface area contributed by atoms with Gasteiger partial charge in [0.05, 0.1) is 12.7 Å². The van der Waals surface area contributed by atoms with Crippen molar-refractivity contribution in [1.29, 1.82) is 0 Å². The highest BCUT2D eigenvalue weighted by Crippen LogP contribution is 2.04. The summed E-state index contributed by atoms with van der Waals surface area (Å²) in [5, 5.41) is 12.5. The van der Waals surface area contributed by atoms with Crippen LogP contribution < -0.4 is 11.1 Å². The van der Waals surface area contributed by atoms with Gasteiger partial charge in [-0.1, -0.05) is 39.0 Å². The Labute approximate surface area is 116 Å². The lowest BCUT2D eigenvalue weighted by atomic mass is 10.1. The highest BCUT2D eigenvalue weighted by atomic mass is 16.5. The quantitative estimate of drug-likeness (QED) is 0.415. The molecule has 0 aliphatic heterocycles. The number of carbonyl (C=O) groups is 1. The van der Waals surface area contributed by atoms with Gasteiger partial charge >= 0.3 is 0 Å². The number of aliphatic hydroxyl groups is 1. The summed E-state index contributed by atoms with van der Waals surface area (Å²) in [6, 6.07) is 0. The maximum atomic E-state index is 10.5. The molecule has 0 radical (unpaired) electrons. The third kappa shape index (κ3) is 15.3. The number of ether oxygens (including phenoxy) is 1. The van der Waals surface area contributed by atoms with Crippen molar-refractivity contribution in [2.45, 2.75) is 58.0 Å². The smallest absolute Gasteiger partial charge is 0.218 e. The van der Waals surface area contributed by atoms with Crippen LogP contribution >= 0.6 is 0 Å². The number of hydrogen-bond acceptors (Lipinski definition) is 4. The third-order valence-corrected chi connectivity index (χ3v) is 2.88. The minimum Gasteiger partial charge on any atom is -0.389 e. The van der Waals surface area contributed by atoms with Crippen molar-refractivity contribution >= 4 is 5.91 Å². The van der Waals surface area contributed by atoms with Crippen molar-refractivity contribution in [2.24, 2.45) is 5.73 Å². The number of unbranched alkanes of at least 4 members (excludes halogenated alkanes) is 5. The molecule has 0 fully saturated rings. The van der Waals surface area contributed by atoms with Crippen LogP contribution in [0.25, 0.3) is 0 Å². The van der Waals surface area contributed by atoms with Crippen LogP contribution in [0.2, 0.25) is 0 Å². The summed E-state index contributed by atoms with van der Waals surface area (Å²) in [5.74, 6) is -0.332. The van der Waals surface area contributed by atoms with Gasteiger partial charge in [-0.3, -0.25) is 4.79 Å². The topological polar surface area (TPSA) is 84.6 Å². The van der Waals surface area contributed by atoms with Gasteiger partial charge in [0.15, 0.2) is 0 Å². The number of aliphatic hydroxyl groups excluding tert-OH is 1. The number of carbonyl (C=O) groups excluding carboxylic acids is 1. The van der Waals surface area contributed by atoms with E-state index in [0.29, 0.717) is 32.7 Å². The molecule has 0 saturated heterocycles. The minimum atomic E-state index is -0.520. The molecule has 0 aromatic heterocycles. The number of hydrogen-bond donors (Lipinski definition) is 3. The van der Waals surface area contributed by atoms with Crippen molar-refractivity contribution in [1.82, 2.24) is 5.32 Å². The average molecular weight is 274 g/mol. The lowest BCUT2D eigenvalue weighted by Crippen LogP contribution is -2.32. The summed E-state index contributed by atoms with van der Waals surface area (Å²) in [4.78, 5) is 10.5. The Hall–Kier alpha value is -0.650. The van der Waals surface area contributed by atoms with Crippen LogP contribution in [0.5, 0.6) is 0 Å². The lowest BCUT2D eigenvalue weighted by Gasteiger charge is -2.12. The molecule has 1 atom stereocenters. The Kier molecular flexibility index (Phi) is 13.3. The molecule has 0 aliphatic carbocycles. The Morgan fingerprint density at radius 2 is 1.95 bits per heavy atom. The van der Waals surface area contributed by atoms with E-state index in [-0.39, 0.29) is 5.91 Å². The van der Waals surface area contributed by atoms with Crippen LogP contribution in [-0.4, -0.2) is 43.4 Å². The van der Waals surface area contributed by atoms with Gasteiger partial charge in [-0.25, -0.2) is 0 Å². The predicted octanol–water partition coefficient (Wildman–Crippen LogP) is 1.19. The van der Waals surface area contributed by atoms with Crippen LogP contribution in [0.15, 0.2) is 0 Å². The summed E-state index contributed by atoms with van der Waals surface area (Å²) >= 11 is 0. The zero-order chi connectivity index (χ0) is 14.3. The van der Waals surface area contributed by atoms with Crippen molar-refractivity contribution in [3.63, 3.8) is 0 Å². The summed E-state index contributed by atoms with van der Waals surface area (Å²) in [6.45, 7) is 4.21. The molecule has 19 heavy (non-hydrogen) atoms. The average Bonchev–Trinajstić information content (AvgIpc) is 2.37. The largest absolute Gasteiger partial charge is 0.389 e. The maximum absolute atomic E-state index is 10.5. The Bertz CT molecular complexity index is 213. The standard InChI is InChI=1S/C14H30N2O3/c1-2-3-4-5-6-7-10-19-12-13(17)11-16-9-8-14(15)18/h13,16-17H,2-12H2,1H3,(H2,15,18). The normalized spacial score (nSPS) is 12.5. The molecular formula is C14H30N2O3. The van der Waals surface area contributed by atoms with E-state index in [2.05, 4.69) is 12.2 Å². The molecule has 0 aromatic carbocycles. The second-order valence-electron chi connectivity index (χ2n) is 4.92. The SMILES string of the molecule is CCCCCCCCOCC(O)CNCCC(N)=O. The van der Waals surface area contributed by atoms with E-state index in [4.69, 9.17) is 10.5 Å². The summed E-state index contributed by atoms with van der Waals surface area (Å²) in [6.07, 6.45) is 7.20. The van der Waals surface area contributed by atoms with Gasteiger partial charge in [-0.05, 0) is 6.42 Å². The molecule has 4 N–H and O–H groups in total. The van der Waals surface area contributed by atoms with Gasteiger partial charge in [0.1, 0.15) is 0 Å². The first-order valence-corrected chi connectivity index (χ1v) is 7.41. The van der Waals surface area contributed by atoms with Crippen molar-refractivity contribution in [3.05, 3.63) is 0 Å². The molecule has 0 bridgehead atoms. The molecule has 0 aliphatic rings. The van der Waals surface area contributed by atoms with E-state index in [0.717, 1.165) is 6.42 Å². The molecule has 1 amide bonds. The fourth-order valence-electron chi connectivity index (χ4n) is 1.74. The fraction of sp³-hybridized carbons (Fsp3) is 0.929. The van der Waals surface area contributed by atoms with Crippen LogP contribution in [0, 0.1) is 0 Å². The van der Waals surface area contributed by atoms with Crippen LogP contribution in [0.1, 0.15) is 51.9 Å². The Morgan fingerprint density at radius 1 is 1.26 bits per heavy atom. The molecule has 1 unspecified atom stereocenters. The number of nitrogens with two attached hydrogens (primary N) is 1. The maximum Gasteiger partial charge on any atom is 0.218 e. The number of rotatable bonds is 14. The van der Waals surface area contributed by atoms with Gasteiger partial charge in [-0.2, -0.15) is 0 Å². The predicted molar refractivity (Wildman–Crippen MR) is 76.9 cm³/mol. The van der Waals surface area contributed by atoms with Crippen LogP contribution in [-0.2, 0) is 9.53 Å². The number of amides is 1. The van der Waals surface area contributed by atoms with Gasteiger partial charge in [0.2, 0.25) is 5.91 Å². The van der Waals surface area contributed by atoms with E-state index in [1.54, 1.807) is 0 Å². The van der Waals surface area contributed by atoms with Crippen molar-refractivity contribution < 1.29 is 14.6 Å². The molecule has 0 heterocycles. The van der Waals surface area contributed by atoms with Crippen LogP contribution in [0.4, 0.5) is 0 Å². The first-order valence-electron chi connectivity index (χ1n) is 7.41. The molecule has 0 spiro atoms. The monoisotopic (exact) mass is 274 g/mol. The number of primary amides is 1. The number of nitrogens with one attached hydrogen (secondary N) is 1. The molecule has 5 nitrogen and oxygen atoms in total. The molecule has 0 aromatic rings. The molecule has 0 saturated carbocycles. The lowest BCUT2D eigenvalue weighted by molar-refractivity contribution is -0.117. The molecule has 114 valence electrons. The van der Waals surface area contributed by atoms with Crippen molar-refractivity contribution in [2.75, 3.05) is 26.3 Å².